The quantitative estimate of drug-likeness (QED) is 0.705. The number of piperazine rings is 1. The number of benzene rings is 2. The molecule has 1 aliphatic rings. The van der Waals surface area contributed by atoms with Crippen molar-refractivity contribution >= 4 is 11.7 Å². The van der Waals surface area contributed by atoms with Crippen molar-refractivity contribution < 1.29 is 14.0 Å². The molecule has 27 heavy (non-hydrogen) atoms. The van der Waals surface area contributed by atoms with Gasteiger partial charge in [-0.2, -0.15) is 0 Å². The van der Waals surface area contributed by atoms with E-state index in [1.807, 2.05) is 35.2 Å². The lowest BCUT2D eigenvalue weighted by atomic mass is 10.1. The average molecular weight is 368 g/mol. The SMILES string of the molecule is O=C(CCCN1CCN(C(=O)Cc2ccc(F)cc2)CC1)c1ccccc1. The van der Waals surface area contributed by atoms with Crippen LogP contribution in [0.1, 0.15) is 28.8 Å². The van der Waals surface area contributed by atoms with Crippen LogP contribution >= 0.6 is 0 Å². The summed E-state index contributed by atoms with van der Waals surface area (Å²) in [6, 6.07) is 15.5. The third kappa shape index (κ3) is 5.73. The fourth-order valence-electron chi connectivity index (χ4n) is 3.34. The van der Waals surface area contributed by atoms with Crippen molar-refractivity contribution in [3.8, 4) is 0 Å². The minimum atomic E-state index is -0.287. The van der Waals surface area contributed by atoms with E-state index < -0.39 is 0 Å². The maximum absolute atomic E-state index is 12.9. The van der Waals surface area contributed by atoms with Gasteiger partial charge in [-0.05, 0) is 30.7 Å². The highest BCUT2D eigenvalue weighted by Gasteiger charge is 2.21. The zero-order valence-corrected chi connectivity index (χ0v) is 15.4. The first-order valence-electron chi connectivity index (χ1n) is 9.44. The normalized spacial score (nSPS) is 14.9. The van der Waals surface area contributed by atoms with E-state index in [4.69, 9.17) is 0 Å². The van der Waals surface area contributed by atoms with Crippen LogP contribution in [0.25, 0.3) is 0 Å². The predicted molar refractivity (Wildman–Crippen MR) is 103 cm³/mol. The van der Waals surface area contributed by atoms with Gasteiger partial charge in [0.1, 0.15) is 5.82 Å². The first-order chi connectivity index (χ1) is 13.1. The number of carbonyl (C=O) groups excluding carboxylic acids is 2. The molecular formula is C22H25FN2O2. The Balaban J connectivity index is 1.36. The second-order valence-electron chi connectivity index (χ2n) is 6.92. The summed E-state index contributed by atoms with van der Waals surface area (Å²) in [4.78, 5) is 28.7. The third-order valence-electron chi connectivity index (χ3n) is 4.97. The first kappa shape index (κ1) is 19.2. The summed E-state index contributed by atoms with van der Waals surface area (Å²) in [5.41, 5.74) is 1.61. The second kappa shape index (κ2) is 9.42. The zero-order chi connectivity index (χ0) is 19.1. The molecule has 2 aromatic carbocycles. The van der Waals surface area contributed by atoms with Gasteiger partial charge in [-0.3, -0.25) is 14.5 Å². The fraction of sp³-hybridized carbons (Fsp3) is 0.364. The Hall–Kier alpha value is -2.53. The molecule has 0 atom stereocenters. The van der Waals surface area contributed by atoms with Gasteiger partial charge in [-0.15, -0.1) is 0 Å². The van der Waals surface area contributed by atoms with E-state index in [1.165, 1.54) is 12.1 Å². The number of hydrogen-bond donors (Lipinski definition) is 0. The van der Waals surface area contributed by atoms with Crippen LogP contribution in [0.2, 0.25) is 0 Å². The molecule has 2 aromatic rings. The van der Waals surface area contributed by atoms with E-state index in [0.717, 1.165) is 37.2 Å². The van der Waals surface area contributed by atoms with Crippen LogP contribution in [0.3, 0.4) is 0 Å². The number of amides is 1. The van der Waals surface area contributed by atoms with E-state index in [1.54, 1.807) is 12.1 Å². The molecule has 142 valence electrons. The van der Waals surface area contributed by atoms with Gasteiger partial charge >= 0.3 is 0 Å². The Labute approximate surface area is 159 Å². The molecule has 5 heteroatoms. The Bertz CT molecular complexity index is 754. The molecule has 1 fully saturated rings. The van der Waals surface area contributed by atoms with Crippen molar-refractivity contribution in [2.75, 3.05) is 32.7 Å². The third-order valence-corrected chi connectivity index (χ3v) is 4.97. The van der Waals surface area contributed by atoms with Crippen molar-refractivity contribution in [2.45, 2.75) is 19.3 Å². The molecular weight excluding hydrogens is 343 g/mol. The van der Waals surface area contributed by atoms with Gasteiger partial charge in [-0.1, -0.05) is 42.5 Å². The number of Topliss-reactive ketones (excluding diaryl/α,β-unsaturated/α-hetero) is 1. The molecule has 0 bridgehead atoms. The summed E-state index contributed by atoms with van der Waals surface area (Å²) in [6.45, 7) is 3.93. The molecule has 1 saturated heterocycles. The van der Waals surface area contributed by atoms with Crippen LogP contribution in [0.5, 0.6) is 0 Å². The molecule has 1 amide bonds. The number of halogens is 1. The monoisotopic (exact) mass is 368 g/mol. The molecule has 3 rings (SSSR count). The highest BCUT2D eigenvalue weighted by atomic mass is 19.1. The number of carbonyl (C=O) groups is 2. The molecule has 0 aliphatic carbocycles. The van der Waals surface area contributed by atoms with Crippen LogP contribution < -0.4 is 0 Å². The Morgan fingerprint density at radius 1 is 0.889 bits per heavy atom. The molecule has 1 aliphatic heterocycles. The first-order valence-corrected chi connectivity index (χ1v) is 9.44. The molecule has 0 spiro atoms. The topological polar surface area (TPSA) is 40.6 Å². The Morgan fingerprint density at radius 2 is 1.56 bits per heavy atom. The lowest BCUT2D eigenvalue weighted by Gasteiger charge is -2.34. The van der Waals surface area contributed by atoms with Crippen LogP contribution in [0.4, 0.5) is 4.39 Å². The highest BCUT2D eigenvalue weighted by molar-refractivity contribution is 5.95. The van der Waals surface area contributed by atoms with Gasteiger partial charge in [-0.25, -0.2) is 4.39 Å². The van der Waals surface area contributed by atoms with Crippen molar-refractivity contribution in [1.29, 1.82) is 0 Å². The van der Waals surface area contributed by atoms with E-state index >= 15 is 0 Å². The van der Waals surface area contributed by atoms with Gasteiger partial charge in [0, 0.05) is 38.2 Å². The van der Waals surface area contributed by atoms with Gasteiger partial charge in [0.15, 0.2) is 5.78 Å². The standard InChI is InChI=1S/C22H25FN2O2/c23-20-10-8-18(9-11-20)17-22(27)25-15-13-24(14-16-25)12-4-7-21(26)19-5-2-1-3-6-19/h1-3,5-6,8-11H,4,7,12-17H2. The van der Waals surface area contributed by atoms with Crippen molar-refractivity contribution in [3.05, 3.63) is 71.5 Å². The number of nitrogens with zero attached hydrogens (tertiary/aromatic N) is 2. The van der Waals surface area contributed by atoms with Crippen molar-refractivity contribution in [2.24, 2.45) is 0 Å². The number of rotatable bonds is 7. The van der Waals surface area contributed by atoms with Crippen LogP contribution in [-0.4, -0.2) is 54.2 Å². The molecule has 0 radical (unpaired) electrons. The summed E-state index contributed by atoms with van der Waals surface area (Å²) >= 11 is 0. The van der Waals surface area contributed by atoms with E-state index in [0.29, 0.717) is 25.9 Å². The van der Waals surface area contributed by atoms with E-state index in [2.05, 4.69) is 4.90 Å². The van der Waals surface area contributed by atoms with E-state index in [-0.39, 0.29) is 17.5 Å². The number of hydrogen-bond acceptors (Lipinski definition) is 3. The summed E-state index contributed by atoms with van der Waals surface area (Å²) in [5, 5.41) is 0. The molecule has 0 saturated carbocycles. The highest BCUT2D eigenvalue weighted by Crippen LogP contribution is 2.10. The maximum atomic E-state index is 12.9. The van der Waals surface area contributed by atoms with Crippen LogP contribution in [0.15, 0.2) is 54.6 Å². The maximum Gasteiger partial charge on any atom is 0.227 e. The van der Waals surface area contributed by atoms with Crippen LogP contribution in [0, 0.1) is 5.82 Å². The lowest BCUT2D eigenvalue weighted by Crippen LogP contribution is -2.49. The molecule has 4 nitrogen and oxygen atoms in total. The summed E-state index contributed by atoms with van der Waals surface area (Å²) in [7, 11) is 0. The Morgan fingerprint density at radius 3 is 2.22 bits per heavy atom. The molecule has 0 unspecified atom stereocenters. The zero-order valence-electron chi connectivity index (χ0n) is 15.4. The smallest absolute Gasteiger partial charge is 0.227 e. The van der Waals surface area contributed by atoms with E-state index in [9.17, 15) is 14.0 Å². The average Bonchev–Trinajstić information content (AvgIpc) is 2.71. The Kier molecular flexibility index (Phi) is 6.71. The second-order valence-corrected chi connectivity index (χ2v) is 6.92. The van der Waals surface area contributed by atoms with Crippen molar-refractivity contribution in [3.63, 3.8) is 0 Å². The fourth-order valence-corrected chi connectivity index (χ4v) is 3.34. The molecule has 1 heterocycles. The largest absolute Gasteiger partial charge is 0.340 e. The summed E-state index contributed by atoms with van der Waals surface area (Å²) in [5.74, 6) is -0.0187. The minimum Gasteiger partial charge on any atom is -0.340 e. The minimum absolute atomic E-state index is 0.0838. The summed E-state index contributed by atoms with van der Waals surface area (Å²) in [6.07, 6.45) is 1.69. The summed E-state index contributed by atoms with van der Waals surface area (Å²) < 4.78 is 12.9. The van der Waals surface area contributed by atoms with Gasteiger partial charge < -0.3 is 4.90 Å². The van der Waals surface area contributed by atoms with Gasteiger partial charge in [0.25, 0.3) is 0 Å². The molecule has 0 aromatic heterocycles. The lowest BCUT2D eigenvalue weighted by molar-refractivity contribution is -0.132. The predicted octanol–water partition coefficient (Wildman–Crippen LogP) is 3.18. The molecule has 0 N–H and O–H groups in total. The van der Waals surface area contributed by atoms with Crippen molar-refractivity contribution in [1.82, 2.24) is 9.80 Å². The number of ketones is 1. The van der Waals surface area contributed by atoms with Gasteiger partial charge in [0.2, 0.25) is 5.91 Å². The van der Waals surface area contributed by atoms with Crippen LogP contribution in [-0.2, 0) is 11.2 Å². The van der Waals surface area contributed by atoms with Gasteiger partial charge in [0.05, 0.1) is 6.42 Å².